The van der Waals surface area contributed by atoms with Crippen LogP contribution in [0.1, 0.15) is 44.2 Å². The summed E-state index contributed by atoms with van der Waals surface area (Å²) in [5, 5.41) is 14.7. The molecule has 30 heavy (non-hydrogen) atoms. The first-order chi connectivity index (χ1) is 14.2. The van der Waals surface area contributed by atoms with E-state index in [0.29, 0.717) is 5.92 Å². The van der Waals surface area contributed by atoms with Crippen LogP contribution in [-0.4, -0.2) is 35.4 Å². The van der Waals surface area contributed by atoms with Crippen molar-refractivity contribution in [3.05, 3.63) is 63.7 Å². The second-order valence-electron chi connectivity index (χ2n) is 8.13. The molecule has 3 rings (SSSR count). The Balaban J connectivity index is 1.56. The van der Waals surface area contributed by atoms with Crippen molar-refractivity contribution >= 4 is 35.3 Å². The Labute approximate surface area is 180 Å². The summed E-state index contributed by atoms with van der Waals surface area (Å²) in [7, 11) is 2.13. The van der Waals surface area contributed by atoms with Gasteiger partial charge in [-0.2, -0.15) is 5.10 Å². The van der Waals surface area contributed by atoms with E-state index in [1.807, 2.05) is 6.07 Å². The molecule has 7 nitrogen and oxygen atoms in total. The van der Waals surface area contributed by atoms with Crippen LogP contribution in [0.2, 0.25) is 0 Å². The van der Waals surface area contributed by atoms with Crippen LogP contribution >= 0.6 is 11.8 Å². The number of nitrogens with zero attached hydrogens (tertiary/aromatic N) is 3. The molecule has 0 saturated carbocycles. The predicted molar refractivity (Wildman–Crippen MR) is 122 cm³/mol. The fourth-order valence-corrected chi connectivity index (χ4v) is 4.39. The average molecular weight is 427 g/mol. The summed E-state index contributed by atoms with van der Waals surface area (Å²) in [6, 6.07) is 12.4. The third-order valence-corrected chi connectivity index (χ3v) is 6.49. The normalized spacial score (nSPS) is 17.6. The van der Waals surface area contributed by atoms with Gasteiger partial charge in [0.05, 0.1) is 16.9 Å². The quantitative estimate of drug-likeness (QED) is 0.317. The second kappa shape index (κ2) is 8.87. The molecule has 0 bridgehead atoms. The number of hydrazone groups is 1. The zero-order valence-corrected chi connectivity index (χ0v) is 18.4. The van der Waals surface area contributed by atoms with Gasteiger partial charge in [-0.3, -0.25) is 14.9 Å². The smallest absolute Gasteiger partial charge is 0.269 e. The fraction of sp³-hybridized carbons (Fsp3) is 0.364. The lowest BCUT2D eigenvalue weighted by molar-refractivity contribution is -0.384. The average Bonchev–Trinajstić information content (AvgIpc) is 2.70. The Morgan fingerprint density at radius 2 is 2.03 bits per heavy atom. The number of thioether (sulfide) groups is 1. The molecule has 158 valence electrons. The van der Waals surface area contributed by atoms with Gasteiger partial charge in [0.15, 0.2) is 0 Å². The van der Waals surface area contributed by atoms with Crippen molar-refractivity contribution in [1.29, 1.82) is 0 Å². The number of carbonyl (C=O) groups is 1. The lowest BCUT2D eigenvalue weighted by atomic mass is 9.80. The third-order valence-electron chi connectivity index (χ3n) is 5.48. The largest absolute Gasteiger partial charge is 0.369 e. The summed E-state index contributed by atoms with van der Waals surface area (Å²) in [6.07, 6.45) is 2.73. The molecule has 0 saturated heterocycles. The van der Waals surface area contributed by atoms with Crippen molar-refractivity contribution < 1.29 is 9.72 Å². The van der Waals surface area contributed by atoms with Crippen molar-refractivity contribution in [3.8, 4) is 0 Å². The maximum absolute atomic E-state index is 12.0. The van der Waals surface area contributed by atoms with E-state index in [0.717, 1.165) is 16.9 Å². The van der Waals surface area contributed by atoms with Crippen LogP contribution in [0.5, 0.6) is 0 Å². The standard InChI is InChI=1S/C22H26N4O3S/c1-15-12-22(2,3)25(4)20-10-5-16(11-19(15)20)13-23-24-21(27)14-30-18-8-6-17(7-9-18)26(28)29/h5-11,13,15H,12,14H2,1-4H3,(H,24,27)/b23-13-/t15-/m0/s1. The number of amides is 1. The van der Waals surface area contributed by atoms with Crippen LogP contribution in [0.15, 0.2) is 52.5 Å². The van der Waals surface area contributed by atoms with E-state index < -0.39 is 4.92 Å². The van der Waals surface area contributed by atoms with Gasteiger partial charge in [-0.25, -0.2) is 5.43 Å². The fourth-order valence-electron chi connectivity index (χ4n) is 3.70. The number of benzene rings is 2. The van der Waals surface area contributed by atoms with E-state index in [4.69, 9.17) is 0 Å². The van der Waals surface area contributed by atoms with Crippen molar-refractivity contribution in [2.75, 3.05) is 17.7 Å². The van der Waals surface area contributed by atoms with Crippen LogP contribution in [0.3, 0.4) is 0 Å². The Hall–Kier alpha value is -2.87. The van der Waals surface area contributed by atoms with Crippen LogP contribution in [0.4, 0.5) is 11.4 Å². The SMILES string of the molecule is C[C@H]1CC(C)(C)N(C)c2ccc(/C=N\NC(=O)CSc3ccc([N+](=O)[O-])cc3)cc21. The lowest BCUT2D eigenvalue weighted by Crippen LogP contribution is -2.45. The van der Waals surface area contributed by atoms with E-state index in [2.05, 4.69) is 55.4 Å². The minimum Gasteiger partial charge on any atom is -0.369 e. The number of rotatable bonds is 6. The van der Waals surface area contributed by atoms with Crippen molar-refractivity contribution in [1.82, 2.24) is 5.43 Å². The first kappa shape index (κ1) is 21.8. The van der Waals surface area contributed by atoms with Gasteiger partial charge in [0, 0.05) is 35.3 Å². The number of hydrogen-bond acceptors (Lipinski definition) is 6. The zero-order chi connectivity index (χ0) is 21.9. The van der Waals surface area contributed by atoms with Crippen LogP contribution < -0.4 is 10.3 Å². The lowest BCUT2D eigenvalue weighted by Gasteiger charge is -2.45. The Bertz CT molecular complexity index is 973. The molecule has 8 heteroatoms. The summed E-state index contributed by atoms with van der Waals surface area (Å²) in [5.41, 5.74) is 6.16. The van der Waals surface area contributed by atoms with Gasteiger partial charge < -0.3 is 4.90 Å². The number of nitrogens with one attached hydrogen (secondary N) is 1. The molecule has 1 aliphatic heterocycles. The first-order valence-corrected chi connectivity index (χ1v) is 10.7. The number of anilines is 1. The van der Waals surface area contributed by atoms with Crippen molar-refractivity contribution in [3.63, 3.8) is 0 Å². The van der Waals surface area contributed by atoms with Crippen LogP contribution in [-0.2, 0) is 4.79 Å². The molecule has 0 spiro atoms. The van der Waals surface area contributed by atoms with Crippen molar-refractivity contribution in [2.45, 2.75) is 43.5 Å². The number of carbonyl (C=O) groups excluding carboxylic acids is 1. The number of hydrogen-bond donors (Lipinski definition) is 1. The van der Waals surface area contributed by atoms with Crippen LogP contribution in [0, 0.1) is 10.1 Å². The molecular formula is C22H26N4O3S. The Kier molecular flexibility index (Phi) is 6.45. The molecule has 1 heterocycles. The highest BCUT2D eigenvalue weighted by Gasteiger charge is 2.33. The van der Waals surface area contributed by atoms with Gasteiger partial charge >= 0.3 is 0 Å². The highest BCUT2D eigenvalue weighted by Crippen LogP contribution is 2.42. The molecule has 0 radical (unpaired) electrons. The summed E-state index contributed by atoms with van der Waals surface area (Å²) < 4.78 is 0. The molecule has 0 aromatic heterocycles. The number of nitro benzene ring substituents is 1. The molecule has 0 aliphatic carbocycles. The van der Waals surface area contributed by atoms with Gasteiger partial charge in [-0.05, 0) is 61.6 Å². The monoisotopic (exact) mass is 426 g/mol. The second-order valence-corrected chi connectivity index (χ2v) is 9.18. The predicted octanol–water partition coefficient (Wildman–Crippen LogP) is 4.56. The summed E-state index contributed by atoms with van der Waals surface area (Å²) >= 11 is 1.30. The van der Waals surface area contributed by atoms with Gasteiger partial charge in [0.1, 0.15) is 0 Å². The third kappa shape index (κ3) is 4.99. The van der Waals surface area contributed by atoms with E-state index in [-0.39, 0.29) is 22.9 Å². The van der Waals surface area contributed by atoms with Crippen LogP contribution in [0.25, 0.3) is 0 Å². The summed E-state index contributed by atoms with van der Waals surface area (Å²) in [4.78, 5) is 25.4. The van der Waals surface area contributed by atoms with E-state index in [1.165, 1.54) is 35.1 Å². The minimum absolute atomic E-state index is 0.0301. The maximum Gasteiger partial charge on any atom is 0.269 e. The molecule has 1 aliphatic rings. The number of non-ortho nitro benzene ring substituents is 1. The molecule has 1 atom stereocenters. The number of nitro groups is 1. The minimum atomic E-state index is -0.448. The van der Waals surface area contributed by atoms with Gasteiger partial charge in [-0.15, -0.1) is 11.8 Å². The Morgan fingerprint density at radius 3 is 2.70 bits per heavy atom. The summed E-state index contributed by atoms with van der Waals surface area (Å²) in [5.74, 6) is 0.394. The maximum atomic E-state index is 12.0. The molecule has 2 aromatic rings. The molecular weight excluding hydrogens is 400 g/mol. The molecule has 0 unspecified atom stereocenters. The van der Waals surface area contributed by atoms with E-state index in [1.54, 1.807) is 18.3 Å². The van der Waals surface area contributed by atoms with E-state index >= 15 is 0 Å². The molecule has 1 amide bonds. The highest BCUT2D eigenvalue weighted by molar-refractivity contribution is 8.00. The topological polar surface area (TPSA) is 87.8 Å². The molecule has 2 aromatic carbocycles. The highest BCUT2D eigenvalue weighted by atomic mass is 32.2. The van der Waals surface area contributed by atoms with E-state index in [9.17, 15) is 14.9 Å². The van der Waals surface area contributed by atoms with Gasteiger partial charge in [0.25, 0.3) is 5.69 Å². The Morgan fingerprint density at radius 1 is 1.33 bits per heavy atom. The van der Waals surface area contributed by atoms with Crippen molar-refractivity contribution in [2.24, 2.45) is 5.10 Å². The van der Waals surface area contributed by atoms with Gasteiger partial charge in [-0.1, -0.05) is 13.0 Å². The summed E-state index contributed by atoms with van der Waals surface area (Å²) in [6.45, 7) is 6.75. The first-order valence-electron chi connectivity index (χ1n) is 9.74. The molecule has 0 fully saturated rings. The number of fused-ring (bicyclic) bond motifs is 1. The molecule has 1 N–H and O–H groups in total. The van der Waals surface area contributed by atoms with Gasteiger partial charge in [0.2, 0.25) is 5.91 Å². The zero-order valence-electron chi connectivity index (χ0n) is 17.6.